The van der Waals surface area contributed by atoms with E-state index in [-0.39, 0.29) is 17.9 Å². The first-order valence-corrected chi connectivity index (χ1v) is 7.60. The van der Waals surface area contributed by atoms with E-state index in [1.165, 1.54) is 6.92 Å². The third-order valence-electron chi connectivity index (χ3n) is 3.48. The van der Waals surface area contributed by atoms with Crippen molar-refractivity contribution in [3.63, 3.8) is 0 Å². The molecule has 1 saturated heterocycles. The van der Waals surface area contributed by atoms with Gasteiger partial charge in [0.2, 0.25) is 5.91 Å². The quantitative estimate of drug-likeness (QED) is 0.866. The smallest absolute Gasteiger partial charge is 0.254 e. The van der Waals surface area contributed by atoms with Gasteiger partial charge in [-0.3, -0.25) is 9.59 Å². The minimum atomic E-state index is -0.0634. The number of pyridine rings is 1. The van der Waals surface area contributed by atoms with Gasteiger partial charge in [0.25, 0.3) is 5.91 Å². The number of hydrogen-bond donors (Lipinski definition) is 1. The summed E-state index contributed by atoms with van der Waals surface area (Å²) in [6.07, 6.45) is 2.54. The maximum absolute atomic E-state index is 12.5. The van der Waals surface area contributed by atoms with Crippen LogP contribution in [0.5, 0.6) is 0 Å². The number of halogens is 1. The molecule has 21 heavy (non-hydrogen) atoms. The van der Waals surface area contributed by atoms with Crippen molar-refractivity contribution >= 4 is 23.4 Å². The largest absolute Gasteiger partial charge is 0.352 e. The van der Waals surface area contributed by atoms with E-state index in [0.29, 0.717) is 23.8 Å². The van der Waals surface area contributed by atoms with E-state index in [1.54, 1.807) is 11.0 Å². The van der Waals surface area contributed by atoms with Crippen LogP contribution in [0.4, 0.5) is 0 Å². The second kappa shape index (κ2) is 6.89. The lowest BCUT2D eigenvalue weighted by Crippen LogP contribution is -2.37. The van der Waals surface area contributed by atoms with E-state index < -0.39 is 0 Å². The average Bonchev–Trinajstić information content (AvgIpc) is 2.85. The number of nitrogens with one attached hydrogen (secondary N) is 1. The van der Waals surface area contributed by atoms with Crippen molar-refractivity contribution < 1.29 is 9.59 Å². The molecule has 1 N–H and O–H groups in total. The first-order valence-electron chi connectivity index (χ1n) is 7.22. The molecule has 1 aliphatic heterocycles. The lowest BCUT2D eigenvalue weighted by Gasteiger charge is -2.17. The van der Waals surface area contributed by atoms with Gasteiger partial charge in [0.05, 0.1) is 0 Å². The maximum atomic E-state index is 12.5. The topological polar surface area (TPSA) is 62.3 Å². The summed E-state index contributed by atoms with van der Waals surface area (Å²) in [5.74, 6) is -0.115. The fourth-order valence-electron chi connectivity index (χ4n) is 2.59. The van der Waals surface area contributed by atoms with Gasteiger partial charge in [0, 0.05) is 37.3 Å². The van der Waals surface area contributed by atoms with Crippen molar-refractivity contribution in [1.29, 1.82) is 0 Å². The summed E-state index contributed by atoms with van der Waals surface area (Å²) in [5.41, 5.74) is 1.41. The molecule has 2 heterocycles. The summed E-state index contributed by atoms with van der Waals surface area (Å²) in [6.45, 7) is 4.74. The van der Waals surface area contributed by atoms with Crippen LogP contribution in [0, 0.1) is 0 Å². The van der Waals surface area contributed by atoms with E-state index in [0.717, 1.165) is 25.0 Å². The van der Waals surface area contributed by atoms with Gasteiger partial charge in [-0.2, -0.15) is 0 Å². The molecule has 2 rings (SSSR count). The van der Waals surface area contributed by atoms with E-state index in [9.17, 15) is 9.59 Å². The first-order chi connectivity index (χ1) is 9.99. The first kappa shape index (κ1) is 15.8. The van der Waals surface area contributed by atoms with Crippen LogP contribution in [-0.2, 0) is 11.2 Å². The molecule has 0 saturated carbocycles. The standard InChI is InChI=1S/C15H20ClN3O2/c1-3-4-12-7-11(8-14(16)18-12)15(21)19-6-5-13(9-19)17-10(2)20/h7-8,13H,3-6,9H2,1-2H3,(H,17,20). The monoisotopic (exact) mass is 309 g/mol. The van der Waals surface area contributed by atoms with Gasteiger partial charge in [0.15, 0.2) is 0 Å². The molecule has 1 fully saturated rings. The molecule has 1 aromatic rings. The summed E-state index contributed by atoms with van der Waals surface area (Å²) in [6, 6.07) is 3.46. The third kappa shape index (κ3) is 4.17. The number of aromatic nitrogens is 1. The third-order valence-corrected chi connectivity index (χ3v) is 3.68. The highest BCUT2D eigenvalue weighted by atomic mass is 35.5. The molecule has 0 aliphatic carbocycles. The van der Waals surface area contributed by atoms with E-state index >= 15 is 0 Å². The Morgan fingerprint density at radius 2 is 2.24 bits per heavy atom. The number of hydrogen-bond acceptors (Lipinski definition) is 3. The number of rotatable bonds is 4. The van der Waals surface area contributed by atoms with Crippen LogP contribution in [0.3, 0.4) is 0 Å². The zero-order chi connectivity index (χ0) is 15.4. The Kier molecular flexibility index (Phi) is 5.17. The Hall–Kier alpha value is -1.62. The highest BCUT2D eigenvalue weighted by Gasteiger charge is 2.27. The van der Waals surface area contributed by atoms with E-state index in [4.69, 9.17) is 11.6 Å². The Balaban J connectivity index is 2.08. The number of carbonyl (C=O) groups is 2. The lowest BCUT2D eigenvalue weighted by atomic mass is 10.1. The molecule has 5 nitrogen and oxygen atoms in total. The van der Waals surface area contributed by atoms with Crippen molar-refractivity contribution in [2.45, 2.75) is 39.2 Å². The van der Waals surface area contributed by atoms with Crippen LogP contribution in [-0.4, -0.2) is 40.8 Å². The fraction of sp³-hybridized carbons (Fsp3) is 0.533. The predicted octanol–water partition coefficient (Wildman–Crippen LogP) is 2.04. The summed E-state index contributed by atoms with van der Waals surface area (Å²) in [7, 11) is 0. The second-order valence-corrected chi connectivity index (χ2v) is 5.74. The molecule has 114 valence electrons. The highest BCUT2D eigenvalue weighted by Crippen LogP contribution is 2.17. The summed E-state index contributed by atoms with van der Waals surface area (Å²) in [4.78, 5) is 29.6. The van der Waals surface area contributed by atoms with Gasteiger partial charge in [-0.15, -0.1) is 0 Å². The Morgan fingerprint density at radius 3 is 2.90 bits per heavy atom. The van der Waals surface area contributed by atoms with Gasteiger partial charge in [-0.05, 0) is 25.0 Å². The van der Waals surface area contributed by atoms with E-state index in [1.807, 2.05) is 6.07 Å². The Labute approximate surface area is 129 Å². The lowest BCUT2D eigenvalue weighted by molar-refractivity contribution is -0.119. The highest BCUT2D eigenvalue weighted by molar-refractivity contribution is 6.29. The van der Waals surface area contributed by atoms with Crippen LogP contribution >= 0.6 is 11.6 Å². The van der Waals surface area contributed by atoms with Gasteiger partial charge in [-0.1, -0.05) is 24.9 Å². The number of aryl methyl sites for hydroxylation is 1. The summed E-state index contributed by atoms with van der Waals surface area (Å²) < 4.78 is 0. The molecular weight excluding hydrogens is 290 g/mol. The number of nitrogens with zero attached hydrogens (tertiary/aromatic N) is 2. The zero-order valence-electron chi connectivity index (χ0n) is 12.4. The molecule has 0 aromatic carbocycles. The molecule has 1 atom stereocenters. The van der Waals surface area contributed by atoms with Gasteiger partial charge >= 0.3 is 0 Å². The number of carbonyl (C=O) groups excluding carboxylic acids is 2. The second-order valence-electron chi connectivity index (χ2n) is 5.36. The SMILES string of the molecule is CCCc1cc(C(=O)N2CCC(NC(C)=O)C2)cc(Cl)n1. The van der Waals surface area contributed by atoms with Crippen molar-refractivity contribution in [2.75, 3.05) is 13.1 Å². The molecule has 0 radical (unpaired) electrons. The van der Waals surface area contributed by atoms with Gasteiger partial charge in [0.1, 0.15) is 5.15 Å². The van der Waals surface area contributed by atoms with Crippen LogP contribution in [0.2, 0.25) is 5.15 Å². The predicted molar refractivity (Wildman–Crippen MR) is 81.4 cm³/mol. The molecule has 6 heteroatoms. The van der Waals surface area contributed by atoms with Crippen molar-refractivity contribution in [2.24, 2.45) is 0 Å². The minimum absolute atomic E-state index is 0.0406. The summed E-state index contributed by atoms with van der Waals surface area (Å²) >= 11 is 6.00. The summed E-state index contributed by atoms with van der Waals surface area (Å²) in [5, 5.41) is 3.20. The molecule has 1 aromatic heterocycles. The van der Waals surface area contributed by atoms with Crippen molar-refractivity contribution in [3.8, 4) is 0 Å². The normalized spacial score (nSPS) is 17.9. The Morgan fingerprint density at radius 1 is 1.48 bits per heavy atom. The van der Waals surface area contributed by atoms with Crippen molar-refractivity contribution in [3.05, 3.63) is 28.5 Å². The van der Waals surface area contributed by atoms with Gasteiger partial charge < -0.3 is 10.2 Å². The molecule has 2 amide bonds. The minimum Gasteiger partial charge on any atom is -0.352 e. The van der Waals surface area contributed by atoms with Crippen molar-refractivity contribution in [1.82, 2.24) is 15.2 Å². The molecular formula is C15H20ClN3O2. The maximum Gasteiger partial charge on any atom is 0.254 e. The Bertz CT molecular complexity index is 548. The van der Waals surface area contributed by atoms with E-state index in [2.05, 4.69) is 17.2 Å². The van der Waals surface area contributed by atoms with Crippen LogP contribution in [0.25, 0.3) is 0 Å². The van der Waals surface area contributed by atoms with Crippen LogP contribution in [0.1, 0.15) is 42.7 Å². The molecule has 0 spiro atoms. The molecule has 1 aliphatic rings. The average molecular weight is 310 g/mol. The fourth-order valence-corrected chi connectivity index (χ4v) is 2.82. The molecule has 0 bridgehead atoms. The number of likely N-dealkylation sites (tertiary alicyclic amines) is 1. The number of amides is 2. The zero-order valence-corrected chi connectivity index (χ0v) is 13.1. The van der Waals surface area contributed by atoms with Gasteiger partial charge in [-0.25, -0.2) is 4.98 Å². The van der Waals surface area contributed by atoms with Crippen LogP contribution < -0.4 is 5.32 Å². The molecule has 1 unspecified atom stereocenters. The van der Waals surface area contributed by atoms with Crippen LogP contribution in [0.15, 0.2) is 12.1 Å².